The maximum Gasteiger partial charge on any atom is 0.121 e. The molecule has 1 heterocycles. The van der Waals surface area contributed by atoms with Crippen LogP contribution in [0.15, 0.2) is 29.6 Å². The van der Waals surface area contributed by atoms with E-state index in [1.807, 2.05) is 17.5 Å². The van der Waals surface area contributed by atoms with E-state index >= 15 is 0 Å². The lowest BCUT2D eigenvalue weighted by Gasteiger charge is -2.07. The Kier molecular flexibility index (Phi) is 3.19. The molecule has 0 saturated carbocycles. The van der Waals surface area contributed by atoms with Gasteiger partial charge in [0.2, 0.25) is 0 Å². The van der Waals surface area contributed by atoms with Gasteiger partial charge in [0.25, 0.3) is 0 Å². The van der Waals surface area contributed by atoms with Crippen LogP contribution >= 0.6 is 34.5 Å². The first kappa shape index (κ1) is 10.8. The maximum absolute atomic E-state index is 6.15. The maximum atomic E-state index is 6.15. The average Bonchev–Trinajstić information content (AvgIpc) is 2.69. The van der Waals surface area contributed by atoms with Gasteiger partial charge in [0.15, 0.2) is 0 Å². The molecule has 0 spiro atoms. The Morgan fingerprint density at radius 3 is 2.33 bits per heavy atom. The van der Waals surface area contributed by atoms with E-state index in [-0.39, 0.29) is 0 Å². The third kappa shape index (κ3) is 2.12. The number of halogens is 2. The minimum absolute atomic E-state index is 0.613. The summed E-state index contributed by atoms with van der Waals surface area (Å²) in [6.45, 7) is 0. The highest BCUT2D eigenvalue weighted by molar-refractivity contribution is 7.13. The van der Waals surface area contributed by atoms with Crippen molar-refractivity contribution in [2.24, 2.45) is 0 Å². The average molecular weight is 259 g/mol. The number of thiophene rings is 1. The molecule has 0 saturated heterocycles. The highest BCUT2D eigenvalue weighted by Crippen LogP contribution is 2.39. The van der Waals surface area contributed by atoms with Crippen LogP contribution < -0.4 is 4.74 Å². The Morgan fingerprint density at radius 1 is 1.20 bits per heavy atom. The van der Waals surface area contributed by atoms with Gasteiger partial charge in [-0.1, -0.05) is 29.3 Å². The van der Waals surface area contributed by atoms with Gasteiger partial charge < -0.3 is 4.74 Å². The summed E-state index contributed by atoms with van der Waals surface area (Å²) in [5.41, 5.74) is 0.870. The van der Waals surface area contributed by atoms with Crippen molar-refractivity contribution in [1.29, 1.82) is 0 Å². The lowest BCUT2D eigenvalue weighted by Crippen LogP contribution is -1.85. The fraction of sp³-hybridized carbons (Fsp3) is 0.0909. The summed E-state index contributed by atoms with van der Waals surface area (Å²) >= 11 is 13.9. The molecule has 1 aromatic carbocycles. The topological polar surface area (TPSA) is 9.23 Å². The second-order valence-corrected chi connectivity index (χ2v) is 4.71. The number of methoxy groups -OCH3 is 1. The molecule has 4 heteroatoms. The number of hydrogen-bond acceptors (Lipinski definition) is 2. The molecule has 0 atom stereocenters. The Morgan fingerprint density at radius 2 is 1.87 bits per heavy atom. The molecule has 1 aromatic heterocycles. The van der Waals surface area contributed by atoms with Crippen LogP contribution in [0.5, 0.6) is 5.75 Å². The van der Waals surface area contributed by atoms with E-state index in [9.17, 15) is 0 Å². The van der Waals surface area contributed by atoms with E-state index < -0.39 is 0 Å². The fourth-order valence-electron chi connectivity index (χ4n) is 1.32. The van der Waals surface area contributed by atoms with Crippen LogP contribution in [0, 0.1) is 0 Å². The monoisotopic (exact) mass is 258 g/mol. The highest BCUT2D eigenvalue weighted by Gasteiger charge is 2.11. The van der Waals surface area contributed by atoms with Crippen molar-refractivity contribution in [3.05, 3.63) is 39.7 Å². The molecule has 0 aliphatic carbocycles. The van der Waals surface area contributed by atoms with E-state index in [2.05, 4.69) is 0 Å². The predicted octanol–water partition coefficient (Wildman–Crippen LogP) is 4.73. The van der Waals surface area contributed by atoms with E-state index in [0.717, 1.165) is 10.4 Å². The Hall–Kier alpha value is -0.700. The number of ether oxygens (including phenoxy) is 1. The summed E-state index contributed by atoms with van der Waals surface area (Å²) in [6.07, 6.45) is 0. The Bertz CT molecular complexity index is 442. The zero-order chi connectivity index (χ0) is 10.8. The zero-order valence-corrected chi connectivity index (χ0v) is 10.3. The fourth-order valence-corrected chi connectivity index (χ4v) is 2.91. The minimum Gasteiger partial charge on any atom is -0.497 e. The molecule has 0 aliphatic rings. The molecule has 0 aliphatic heterocycles. The first-order chi connectivity index (χ1) is 7.22. The third-order valence-corrected chi connectivity index (χ3v) is 3.50. The minimum atomic E-state index is 0.613. The first-order valence-electron chi connectivity index (χ1n) is 4.29. The lowest BCUT2D eigenvalue weighted by molar-refractivity contribution is 0.415. The number of benzene rings is 1. The number of hydrogen-bond donors (Lipinski definition) is 0. The van der Waals surface area contributed by atoms with Crippen LogP contribution in [0.1, 0.15) is 0 Å². The molecule has 0 amide bonds. The quantitative estimate of drug-likeness (QED) is 0.757. The van der Waals surface area contributed by atoms with Crippen molar-refractivity contribution in [2.45, 2.75) is 0 Å². The summed E-state index contributed by atoms with van der Waals surface area (Å²) in [4.78, 5) is 1.06. The van der Waals surface area contributed by atoms with E-state index in [4.69, 9.17) is 27.9 Å². The van der Waals surface area contributed by atoms with Crippen molar-refractivity contribution in [2.75, 3.05) is 7.11 Å². The molecule has 15 heavy (non-hydrogen) atoms. The molecule has 1 nitrogen and oxygen atoms in total. The molecule has 2 rings (SSSR count). The van der Waals surface area contributed by atoms with Crippen LogP contribution in [0.4, 0.5) is 0 Å². The van der Waals surface area contributed by atoms with E-state index in [0.29, 0.717) is 15.8 Å². The van der Waals surface area contributed by atoms with Crippen molar-refractivity contribution in [3.63, 3.8) is 0 Å². The highest BCUT2D eigenvalue weighted by atomic mass is 35.5. The summed E-state index contributed by atoms with van der Waals surface area (Å²) in [5.74, 6) is 0.672. The van der Waals surface area contributed by atoms with Gasteiger partial charge in [-0.05, 0) is 23.6 Å². The van der Waals surface area contributed by atoms with Crippen LogP contribution in [-0.2, 0) is 0 Å². The molecule has 0 fully saturated rings. The molecule has 0 unspecified atom stereocenters. The molecule has 0 radical (unpaired) electrons. The summed E-state index contributed by atoms with van der Waals surface area (Å²) in [5, 5.41) is 3.22. The normalized spacial score (nSPS) is 10.3. The molecular weight excluding hydrogens is 251 g/mol. The van der Waals surface area contributed by atoms with Crippen molar-refractivity contribution in [1.82, 2.24) is 0 Å². The molecular formula is C11H8Cl2OS. The predicted molar refractivity (Wildman–Crippen MR) is 66.3 cm³/mol. The summed E-state index contributed by atoms with van der Waals surface area (Å²) in [7, 11) is 1.59. The first-order valence-corrected chi connectivity index (χ1v) is 5.93. The van der Waals surface area contributed by atoms with E-state index in [1.165, 1.54) is 0 Å². The van der Waals surface area contributed by atoms with Gasteiger partial charge in [-0.25, -0.2) is 0 Å². The van der Waals surface area contributed by atoms with Gasteiger partial charge in [0, 0.05) is 10.4 Å². The van der Waals surface area contributed by atoms with Crippen LogP contribution in [0.2, 0.25) is 10.0 Å². The second kappa shape index (κ2) is 4.44. The van der Waals surface area contributed by atoms with Gasteiger partial charge >= 0.3 is 0 Å². The van der Waals surface area contributed by atoms with Crippen molar-refractivity contribution in [3.8, 4) is 16.2 Å². The van der Waals surface area contributed by atoms with Crippen LogP contribution in [0.3, 0.4) is 0 Å². The molecule has 2 aromatic rings. The largest absolute Gasteiger partial charge is 0.497 e. The molecule has 78 valence electrons. The summed E-state index contributed by atoms with van der Waals surface area (Å²) < 4.78 is 5.08. The van der Waals surface area contributed by atoms with Gasteiger partial charge in [-0.3, -0.25) is 0 Å². The summed E-state index contributed by atoms with van der Waals surface area (Å²) in [6, 6.07) is 7.49. The molecule has 0 N–H and O–H groups in total. The van der Waals surface area contributed by atoms with Crippen LogP contribution in [-0.4, -0.2) is 7.11 Å². The van der Waals surface area contributed by atoms with Gasteiger partial charge in [0.1, 0.15) is 5.75 Å². The second-order valence-electron chi connectivity index (χ2n) is 2.94. The number of rotatable bonds is 2. The SMILES string of the molecule is COc1cc(Cl)c(-c2cccs2)c(Cl)c1. The van der Waals surface area contributed by atoms with Gasteiger partial charge in [0.05, 0.1) is 17.2 Å². The van der Waals surface area contributed by atoms with Crippen molar-refractivity contribution >= 4 is 34.5 Å². The van der Waals surface area contributed by atoms with Crippen molar-refractivity contribution < 1.29 is 4.74 Å². The standard InChI is InChI=1S/C11H8Cl2OS/c1-14-7-5-8(12)11(9(13)6-7)10-3-2-4-15-10/h2-6H,1H3. The van der Waals surface area contributed by atoms with Gasteiger partial charge in [-0.2, -0.15) is 0 Å². The van der Waals surface area contributed by atoms with Crippen LogP contribution in [0.25, 0.3) is 10.4 Å². The Labute approximate surface area is 102 Å². The van der Waals surface area contributed by atoms with E-state index in [1.54, 1.807) is 30.6 Å². The van der Waals surface area contributed by atoms with Gasteiger partial charge in [-0.15, -0.1) is 11.3 Å². The molecule has 0 bridgehead atoms. The lowest BCUT2D eigenvalue weighted by atomic mass is 10.2. The third-order valence-electron chi connectivity index (χ3n) is 2.02. The zero-order valence-electron chi connectivity index (χ0n) is 7.96. The Balaban J connectivity index is 2.58. The smallest absolute Gasteiger partial charge is 0.121 e.